The number of carbonyl (C=O) groups excluding carboxylic acids is 1. The van der Waals surface area contributed by atoms with Crippen molar-refractivity contribution >= 4 is 6.03 Å². The highest BCUT2D eigenvalue weighted by molar-refractivity contribution is 5.73. The Hall–Kier alpha value is -1.53. The van der Waals surface area contributed by atoms with Gasteiger partial charge in [0.2, 0.25) is 0 Å². The topological polar surface area (TPSA) is 69.0 Å². The summed E-state index contributed by atoms with van der Waals surface area (Å²) in [5, 5.41) is 11.9. The average Bonchev–Trinajstić information content (AvgIpc) is 2.91. The molecule has 0 atom stereocenters. The summed E-state index contributed by atoms with van der Waals surface area (Å²) in [7, 11) is 1.77. The molecule has 6 nitrogen and oxygen atoms in total. The van der Waals surface area contributed by atoms with Gasteiger partial charge in [-0.3, -0.25) is 0 Å². The molecule has 2 amide bonds. The Bertz CT molecular complexity index is 467. The molecule has 1 aromatic rings. The molecule has 0 aliphatic carbocycles. The number of furan rings is 1. The second-order valence-electron chi connectivity index (χ2n) is 6.06. The lowest BCUT2D eigenvalue weighted by Crippen LogP contribution is -2.42. The van der Waals surface area contributed by atoms with Crippen molar-refractivity contribution < 1.29 is 14.3 Å². The normalized spacial score (nSPS) is 16.7. The number of likely N-dealkylation sites (tertiary alicyclic amines) is 1. The van der Waals surface area contributed by atoms with Crippen molar-refractivity contribution in [1.29, 1.82) is 0 Å². The molecule has 0 spiro atoms. The SMILES string of the molecule is Cc1ccc(CN(C)C(=O)NCC2CCN(CCO)CC2)o1. The van der Waals surface area contributed by atoms with Gasteiger partial charge in [-0.2, -0.15) is 0 Å². The van der Waals surface area contributed by atoms with E-state index in [4.69, 9.17) is 9.52 Å². The Morgan fingerprint density at radius 2 is 2.18 bits per heavy atom. The zero-order valence-corrected chi connectivity index (χ0v) is 13.5. The highest BCUT2D eigenvalue weighted by atomic mass is 16.3. The summed E-state index contributed by atoms with van der Waals surface area (Å²) in [6.07, 6.45) is 2.14. The lowest BCUT2D eigenvalue weighted by atomic mass is 9.97. The van der Waals surface area contributed by atoms with Crippen LogP contribution in [0.2, 0.25) is 0 Å². The lowest BCUT2D eigenvalue weighted by Gasteiger charge is -2.31. The molecule has 2 heterocycles. The number of aliphatic hydroxyl groups is 1. The Morgan fingerprint density at radius 1 is 1.45 bits per heavy atom. The number of carbonyl (C=O) groups is 1. The summed E-state index contributed by atoms with van der Waals surface area (Å²) in [5.74, 6) is 2.18. The molecular weight excluding hydrogens is 282 g/mol. The third kappa shape index (κ3) is 5.03. The largest absolute Gasteiger partial charge is 0.464 e. The van der Waals surface area contributed by atoms with E-state index < -0.39 is 0 Å². The second-order valence-corrected chi connectivity index (χ2v) is 6.06. The van der Waals surface area contributed by atoms with E-state index in [1.165, 1.54) is 0 Å². The van der Waals surface area contributed by atoms with E-state index in [0.29, 0.717) is 19.0 Å². The van der Waals surface area contributed by atoms with E-state index in [9.17, 15) is 4.79 Å². The molecule has 6 heteroatoms. The number of aliphatic hydroxyl groups excluding tert-OH is 1. The maximum atomic E-state index is 12.1. The highest BCUT2D eigenvalue weighted by Crippen LogP contribution is 2.16. The van der Waals surface area contributed by atoms with Gasteiger partial charge >= 0.3 is 6.03 Å². The van der Waals surface area contributed by atoms with Crippen LogP contribution in [0.15, 0.2) is 16.5 Å². The smallest absolute Gasteiger partial charge is 0.317 e. The second kappa shape index (κ2) is 8.19. The van der Waals surface area contributed by atoms with E-state index in [-0.39, 0.29) is 12.6 Å². The number of rotatable bonds is 6. The molecule has 1 saturated heterocycles. The third-order valence-electron chi connectivity index (χ3n) is 4.20. The summed E-state index contributed by atoms with van der Waals surface area (Å²) in [6, 6.07) is 3.74. The summed E-state index contributed by atoms with van der Waals surface area (Å²) in [4.78, 5) is 16.0. The van der Waals surface area contributed by atoms with Crippen LogP contribution < -0.4 is 5.32 Å². The maximum Gasteiger partial charge on any atom is 0.317 e. The zero-order chi connectivity index (χ0) is 15.9. The molecule has 1 aliphatic heterocycles. The number of amides is 2. The maximum absolute atomic E-state index is 12.1. The number of hydrogen-bond donors (Lipinski definition) is 2. The quantitative estimate of drug-likeness (QED) is 0.834. The minimum Gasteiger partial charge on any atom is -0.464 e. The lowest BCUT2D eigenvalue weighted by molar-refractivity contribution is 0.145. The first-order chi connectivity index (χ1) is 10.6. The molecule has 0 saturated carbocycles. The molecule has 0 aromatic carbocycles. The first-order valence-electron chi connectivity index (χ1n) is 7.96. The van der Waals surface area contributed by atoms with Crippen LogP contribution in [-0.4, -0.2) is 60.8 Å². The van der Waals surface area contributed by atoms with E-state index in [1.54, 1.807) is 11.9 Å². The van der Waals surface area contributed by atoms with Crippen molar-refractivity contribution in [1.82, 2.24) is 15.1 Å². The monoisotopic (exact) mass is 309 g/mol. The van der Waals surface area contributed by atoms with E-state index in [1.807, 2.05) is 19.1 Å². The summed E-state index contributed by atoms with van der Waals surface area (Å²) < 4.78 is 5.49. The van der Waals surface area contributed by atoms with Crippen molar-refractivity contribution in [3.8, 4) is 0 Å². The van der Waals surface area contributed by atoms with Gasteiger partial charge in [-0.15, -0.1) is 0 Å². The Morgan fingerprint density at radius 3 is 2.77 bits per heavy atom. The first kappa shape index (κ1) is 16.8. The molecule has 1 aliphatic rings. The number of β-amino-alcohol motifs (C(OH)–C–C–N with tert-alkyl or cyclic N) is 1. The minimum absolute atomic E-state index is 0.0631. The van der Waals surface area contributed by atoms with Gasteiger partial charge < -0.3 is 24.6 Å². The Kier molecular flexibility index (Phi) is 6.27. The van der Waals surface area contributed by atoms with Gasteiger partial charge in [-0.05, 0) is 50.9 Å². The minimum atomic E-state index is -0.0631. The third-order valence-corrected chi connectivity index (χ3v) is 4.20. The fourth-order valence-electron chi connectivity index (χ4n) is 2.80. The van der Waals surface area contributed by atoms with Crippen molar-refractivity contribution in [2.45, 2.75) is 26.3 Å². The summed E-state index contributed by atoms with van der Waals surface area (Å²) in [6.45, 7) is 6.07. The van der Waals surface area contributed by atoms with Gasteiger partial charge in [0.05, 0.1) is 13.2 Å². The molecule has 0 unspecified atom stereocenters. The number of hydrogen-bond acceptors (Lipinski definition) is 4. The molecule has 2 N–H and O–H groups in total. The van der Waals surface area contributed by atoms with Crippen LogP contribution in [0.1, 0.15) is 24.4 Å². The highest BCUT2D eigenvalue weighted by Gasteiger charge is 2.20. The number of nitrogens with zero attached hydrogens (tertiary/aromatic N) is 2. The first-order valence-corrected chi connectivity index (χ1v) is 7.96. The van der Waals surface area contributed by atoms with Gasteiger partial charge in [-0.1, -0.05) is 0 Å². The molecule has 0 bridgehead atoms. The van der Waals surface area contributed by atoms with Crippen LogP contribution >= 0.6 is 0 Å². The fourth-order valence-corrected chi connectivity index (χ4v) is 2.80. The van der Waals surface area contributed by atoms with E-state index >= 15 is 0 Å². The predicted molar refractivity (Wildman–Crippen MR) is 84.6 cm³/mol. The average molecular weight is 309 g/mol. The fraction of sp³-hybridized carbons (Fsp3) is 0.688. The number of aryl methyl sites for hydroxylation is 1. The van der Waals surface area contributed by atoms with Gasteiger partial charge in [0, 0.05) is 20.1 Å². The standard InChI is InChI=1S/C16H27N3O3/c1-13-3-4-15(22-13)12-18(2)16(21)17-11-14-5-7-19(8-6-14)9-10-20/h3-4,14,20H,5-12H2,1-2H3,(H,17,21). The molecule has 124 valence electrons. The molecular formula is C16H27N3O3. The molecule has 1 fully saturated rings. The van der Waals surface area contributed by atoms with Gasteiger partial charge in [-0.25, -0.2) is 4.79 Å². The number of piperidine rings is 1. The summed E-state index contributed by atoms with van der Waals surface area (Å²) in [5.41, 5.74) is 0. The van der Waals surface area contributed by atoms with Crippen LogP contribution in [0, 0.1) is 12.8 Å². The Balaban J connectivity index is 1.67. The van der Waals surface area contributed by atoms with Gasteiger partial charge in [0.1, 0.15) is 11.5 Å². The van der Waals surface area contributed by atoms with Crippen LogP contribution in [0.4, 0.5) is 4.79 Å². The number of nitrogens with one attached hydrogen (secondary N) is 1. The predicted octanol–water partition coefficient (Wildman–Crippen LogP) is 1.43. The van der Waals surface area contributed by atoms with Crippen LogP contribution in [0.25, 0.3) is 0 Å². The molecule has 0 radical (unpaired) electrons. The Labute approximate surface area is 132 Å². The van der Waals surface area contributed by atoms with Crippen molar-refractivity contribution in [3.63, 3.8) is 0 Å². The van der Waals surface area contributed by atoms with E-state index in [2.05, 4.69) is 10.2 Å². The zero-order valence-electron chi connectivity index (χ0n) is 13.5. The van der Waals surface area contributed by atoms with Crippen LogP contribution in [0.3, 0.4) is 0 Å². The van der Waals surface area contributed by atoms with Crippen LogP contribution in [0.5, 0.6) is 0 Å². The number of urea groups is 1. The van der Waals surface area contributed by atoms with Crippen LogP contribution in [-0.2, 0) is 6.54 Å². The van der Waals surface area contributed by atoms with Gasteiger partial charge in [0.15, 0.2) is 0 Å². The van der Waals surface area contributed by atoms with Crippen molar-refractivity contribution in [2.75, 3.05) is 39.8 Å². The van der Waals surface area contributed by atoms with Crippen molar-refractivity contribution in [2.24, 2.45) is 5.92 Å². The van der Waals surface area contributed by atoms with E-state index in [0.717, 1.165) is 44.0 Å². The molecule has 2 rings (SSSR count). The van der Waals surface area contributed by atoms with Gasteiger partial charge in [0.25, 0.3) is 0 Å². The van der Waals surface area contributed by atoms with Crippen molar-refractivity contribution in [3.05, 3.63) is 23.7 Å². The molecule has 1 aromatic heterocycles. The molecule has 22 heavy (non-hydrogen) atoms. The summed E-state index contributed by atoms with van der Waals surface area (Å²) >= 11 is 0.